The topological polar surface area (TPSA) is 92.3 Å². The molecule has 2 atom stereocenters. The number of benzene rings is 1. The number of hydrogen-bond donors (Lipinski definition) is 3. The van der Waals surface area contributed by atoms with Gasteiger partial charge in [-0.15, -0.1) is 0 Å². The number of rotatable bonds is 4. The zero-order valence-corrected chi connectivity index (χ0v) is 16.8. The summed E-state index contributed by atoms with van der Waals surface area (Å²) in [4.78, 5) is 12.5. The molecule has 1 saturated carbocycles. The molecule has 0 bridgehead atoms. The molecule has 2 aromatic heterocycles. The van der Waals surface area contributed by atoms with E-state index in [9.17, 15) is 5.11 Å². The highest BCUT2D eigenvalue weighted by Gasteiger charge is 2.46. The molecule has 1 aliphatic carbocycles. The Kier molecular flexibility index (Phi) is 4.21. The molecule has 3 aliphatic rings. The van der Waals surface area contributed by atoms with Crippen LogP contribution in [-0.4, -0.2) is 45.5 Å². The van der Waals surface area contributed by atoms with Crippen molar-refractivity contribution in [1.29, 1.82) is 0 Å². The van der Waals surface area contributed by atoms with Crippen molar-refractivity contribution in [3.63, 3.8) is 0 Å². The zero-order valence-electron chi connectivity index (χ0n) is 16.8. The van der Waals surface area contributed by atoms with Crippen molar-refractivity contribution in [2.75, 3.05) is 25.1 Å². The lowest BCUT2D eigenvalue weighted by atomic mass is 9.74. The summed E-state index contributed by atoms with van der Waals surface area (Å²) >= 11 is 0. The minimum atomic E-state index is -0.840. The van der Waals surface area contributed by atoms with Crippen molar-refractivity contribution in [2.24, 2.45) is 5.92 Å². The van der Waals surface area contributed by atoms with Crippen LogP contribution in [0.15, 0.2) is 36.7 Å². The lowest BCUT2D eigenvalue weighted by molar-refractivity contribution is -0.116. The predicted molar refractivity (Wildman–Crippen MR) is 113 cm³/mol. The van der Waals surface area contributed by atoms with E-state index < -0.39 is 5.60 Å². The van der Waals surface area contributed by atoms with Crippen LogP contribution in [0.2, 0.25) is 0 Å². The van der Waals surface area contributed by atoms with Crippen LogP contribution >= 0.6 is 0 Å². The summed E-state index contributed by atoms with van der Waals surface area (Å²) < 4.78 is 11.6. The van der Waals surface area contributed by atoms with Crippen LogP contribution in [0.25, 0.3) is 11.0 Å². The fraction of sp³-hybridized carbons (Fsp3) is 0.478. The van der Waals surface area contributed by atoms with Crippen LogP contribution in [0.1, 0.15) is 48.9 Å². The van der Waals surface area contributed by atoms with Gasteiger partial charge in [0.1, 0.15) is 23.5 Å². The number of ether oxygens (including phenoxy) is 2. The third kappa shape index (κ3) is 3.04. The summed E-state index contributed by atoms with van der Waals surface area (Å²) in [5.41, 5.74) is 2.31. The van der Waals surface area contributed by atoms with E-state index in [1.54, 1.807) is 6.33 Å². The molecule has 0 radical (unpaired) electrons. The van der Waals surface area contributed by atoms with Gasteiger partial charge in [-0.3, -0.25) is 0 Å². The Bertz CT molecular complexity index is 1070. The Morgan fingerprint density at radius 3 is 2.80 bits per heavy atom. The summed E-state index contributed by atoms with van der Waals surface area (Å²) in [6.45, 7) is 1.60. The zero-order chi connectivity index (χ0) is 20.1. The van der Waals surface area contributed by atoms with Crippen molar-refractivity contribution in [2.45, 2.75) is 43.2 Å². The minimum absolute atomic E-state index is 0.108. The molecule has 30 heavy (non-hydrogen) atoms. The van der Waals surface area contributed by atoms with E-state index in [4.69, 9.17) is 9.47 Å². The van der Waals surface area contributed by atoms with E-state index in [1.807, 2.05) is 18.2 Å². The second kappa shape index (κ2) is 6.96. The smallest absolute Gasteiger partial charge is 0.143 e. The number of aliphatic hydroxyl groups is 1. The van der Waals surface area contributed by atoms with E-state index in [-0.39, 0.29) is 12.0 Å². The standard InChI is InChI=1S/C23H26N4O3/c28-23(7-9-29-10-8-23)17-12-30-19-4-2-1-3-15(19)20(17)27-22-16-11-18(14-5-6-14)26-21(16)24-13-25-22/h1-4,11,13-14,17,20,28H,5-10,12H2,(H2,24,25,26,27). The first-order valence-electron chi connectivity index (χ1n) is 10.8. The van der Waals surface area contributed by atoms with Crippen LogP contribution in [0, 0.1) is 5.92 Å². The molecule has 4 heterocycles. The number of para-hydroxylation sites is 1. The van der Waals surface area contributed by atoms with E-state index in [2.05, 4.69) is 32.4 Å². The maximum absolute atomic E-state index is 11.5. The summed E-state index contributed by atoms with van der Waals surface area (Å²) in [7, 11) is 0. The van der Waals surface area contributed by atoms with Crippen molar-refractivity contribution >= 4 is 16.9 Å². The Morgan fingerprint density at radius 2 is 1.97 bits per heavy atom. The maximum atomic E-state index is 11.5. The second-order valence-corrected chi connectivity index (χ2v) is 8.78. The number of hydrogen-bond acceptors (Lipinski definition) is 6. The average molecular weight is 406 g/mol. The molecule has 1 aromatic carbocycles. The quantitative estimate of drug-likeness (QED) is 0.614. The van der Waals surface area contributed by atoms with Gasteiger partial charge in [-0.25, -0.2) is 9.97 Å². The average Bonchev–Trinajstić information content (AvgIpc) is 3.53. The van der Waals surface area contributed by atoms with Gasteiger partial charge < -0.3 is 24.9 Å². The second-order valence-electron chi connectivity index (χ2n) is 8.78. The number of aromatic nitrogens is 3. The van der Waals surface area contributed by atoms with Gasteiger partial charge in [-0.05, 0) is 30.9 Å². The summed E-state index contributed by atoms with van der Waals surface area (Å²) in [6.07, 6.45) is 5.27. The molecule has 3 N–H and O–H groups in total. The minimum Gasteiger partial charge on any atom is -0.493 e. The number of fused-ring (bicyclic) bond motifs is 2. The van der Waals surface area contributed by atoms with Gasteiger partial charge in [0.25, 0.3) is 0 Å². The first-order chi connectivity index (χ1) is 14.7. The number of aromatic amines is 1. The highest BCUT2D eigenvalue weighted by Crippen LogP contribution is 2.46. The number of nitrogens with zero attached hydrogens (tertiary/aromatic N) is 2. The van der Waals surface area contributed by atoms with E-state index in [1.165, 1.54) is 18.5 Å². The Balaban J connectivity index is 1.41. The van der Waals surface area contributed by atoms with E-state index in [0.29, 0.717) is 38.6 Å². The molecular formula is C23H26N4O3. The fourth-order valence-corrected chi connectivity index (χ4v) is 4.94. The first kappa shape index (κ1) is 18.2. The lowest BCUT2D eigenvalue weighted by Gasteiger charge is -2.45. The van der Waals surface area contributed by atoms with E-state index >= 15 is 0 Å². The van der Waals surface area contributed by atoms with Crippen LogP contribution in [0.3, 0.4) is 0 Å². The maximum Gasteiger partial charge on any atom is 0.143 e. The number of nitrogens with one attached hydrogen (secondary N) is 2. The molecule has 2 aliphatic heterocycles. The molecule has 6 rings (SSSR count). The molecule has 156 valence electrons. The van der Waals surface area contributed by atoms with E-state index in [0.717, 1.165) is 28.2 Å². The first-order valence-corrected chi connectivity index (χ1v) is 10.8. The molecule has 7 nitrogen and oxygen atoms in total. The number of anilines is 1. The molecule has 2 unspecified atom stereocenters. The van der Waals surface area contributed by atoms with Crippen LogP contribution in [0.5, 0.6) is 5.75 Å². The summed E-state index contributed by atoms with van der Waals surface area (Å²) in [6, 6.07) is 10.1. The monoisotopic (exact) mass is 406 g/mol. The van der Waals surface area contributed by atoms with Crippen molar-refractivity contribution in [3.05, 3.63) is 47.9 Å². The summed E-state index contributed by atoms with van der Waals surface area (Å²) in [5.74, 6) is 2.17. The van der Waals surface area contributed by atoms with Crippen LogP contribution < -0.4 is 10.1 Å². The largest absolute Gasteiger partial charge is 0.493 e. The fourth-order valence-electron chi connectivity index (χ4n) is 4.94. The Hall–Kier alpha value is -2.64. The highest BCUT2D eigenvalue weighted by atomic mass is 16.5. The molecule has 0 spiro atoms. The Labute approximate surface area is 174 Å². The Morgan fingerprint density at radius 1 is 1.13 bits per heavy atom. The molecule has 3 aromatic rings. The molecule has 1 saturated heterocycles. The SMILES string of the molecule is OC1(C2COc3ccccc3C2Nc2ncnc3[nH]c(C4CC4)cc23)CCOCC1. The van der Waals surface area contributed by atoms with Gasteiger partial charge in [0.2, 0.25) is 0 Å². The molecule has 2 fully saturated rings. The third-order valence-corrected chi connectivity index (χ3v) is 6.88. The molecule has 0 amide bonds. The van der Waals surface area contributed by atoms with Gasteiger partial charge in [-0.2, -0.15) is 0 Å². The van der Waals surface area contributed by atoms with Crippen LogP contribution in [-0.2, 0) is 4.74 Å². The van der Waals surface area contributed by atoms with Gasteiger partial charge in [0.15, 0.2) is 0 Å². The lowest BCUT2D eigenvalue weighted by Crippen LogP contribution is -2.51. The third-order valence-electron chi connectivity index (χ3n) is 6.88. The molecular weight excluding hydrogens is 380 g/mol. The van der Waals surface area contributed by atoms with Gasteiger partial charge >= 0.3 is 0 Å². The van der Waals surface area contributed by atoms with Gasteiger partial charge in [-0.1, -0.05) is 18.2 Å². The molecule has 7 heteroatoms. The summed E-state index contributed by atoms with van der Waals surface area (Å²) in [5, 5.41) is 16.2. The normalized spacial score (nSPS) is 25.5. The van der Waals surface area contributed by atoms with Gasteiger partial charge in [0, 0.05) is 43.2 Å². The van der Waals surface area contributed by atoms with Gasteiger partial charge in [0.05, 0.1) is 23.6 Å². The number of H-pyrrole nitrogens is 1. The van der Waals surface area contributed by atoms with Crippen molar-refractivity contribution in [1.82, 2.24) is 15.0 Å². The predicted octanol–water partition coefficient (Wildman–Crippen LogP) is 3.54. The van der Waals surface area contributed by atoms with Crippen molar-refractivity contribution in [3.8, 4) is 5.75 Å². The van der Waals surface area contributed by atoms with Crippen LogP contribution in [0.4, 0.5) is 5.82 Å². The highest BCUT2D eigenvalue weighted by molar-refractivity contribution is 5.88. The van der Waals surface area contributed by atoms with Crippen molar-refractivity contribution < 1.29 is 14.6 Å².